The van der Waals surface area contributed by atoms with Gasteiger partial charge >= 0.3 is 30.2 Å². The van der Waals surface area contributed by atoms with Crippen molar-refractivity contribution in [2.75, 3.05) is 13.3 Å². The van der Waals surface area contributed by atoms with E-state index in [-0.39, 0.29) is 5.32 Å². The summed E-state index contributed by atoms with van der Waals surface area (Å²) in [4.78, 5) is 25.0. The molecule has 0 spiro atoms. The molecule has 0 fully saturated rings. The number of amidine groups is 1. The Hall–Kier alpha value is -1.73. The zero-order chi connectivity index (χ0) is 17.8. The summed E-state index contributed by atoms with van der Waals surface area (Å²) in [5.74, 6) is -6.49. The number of urea groups is 2. The highest BCUT2D eigenvalue weighted by molar-refractivity contribution is 8.13. The fraction of sp³-hybridized carbons (Fsp3) is 0.625. The predicted octanol–water partition coefficient (Wildman–Crippen LogP) is 2.13. The third-order valence-electron chi connectivity index (χ3n) is 1.85. The number of carbonyl (C=O) groups is 2. The molecule has 0 bridgehead atoms. The van der Waals surface area contributed by atoms with Gasteiger partial charge < -0.3 is 5.32 Å². The minimum Gasteiger partial charge on any atom is -0.339 e. The second-order valence-electron chi connectivity index (χ2n) is 3.40. The third kappa shape index (κ3) is 4.92. The van der Waals surface area contributed by atoms with Crippen molar-refractivity contribution in [2.45, 2.75) is 18.1 Å². The average molecular weight is 358 g/mol. The van der Waals surface area contributed by atoms with E-state index in [2.05, 4.69) is 4.99 Å². The highest BCUT2D eigenvalue weighted by atomic mass is 32.2. The Kier molecular flexibility index (Phi) is 6.47. The standard InChI is InChI=1S/C8H9F7N4O2S/c1-16-3(20)17-5(22-2)18-4(21)19-8(14,15)6(9,10)7(11,12)13/h1-2H3,(H3,16,17,18,19,20,21). The van der Waals surface area contributed by atoms with Crippen LogP contribution >= 0.6 is 11.8 Å². The summed E-state index contributed by atoms with van der Waals surface area (Å²) in [5, 5.41) is 2.97. The highest BCUT2D eigenvalue weighted by Gasteiger charge is 2.74. The van der Waals surface area contributed by atoms with Gasteiger partial charge in [0.05, 0.1) is 0 Å². The molecule has 0 aliphatic heterocycles. The molecular weight excluding hydrogens is 349 g/mol. The number of halogens is 7. The molecule has 0 aliphatic carbocycles. The van der Waals surface area contributed by atoms with Crippen molar-refractivity contribution in [2.24, 2.45) is 4.99 Å². The zero-order valence-electron chi connectivity index (χ0n) is 10.8. The minimum atomic E-state index is -6.58. The van der Waals surface area contributed by atoms with Gasteiger partial charge in [-0.25, -0.2) is 9.59 Å². The van der Waals surface area contributed by atoms with Crippen LogP contribution in [0, 0.1) is 0 Å². The fourth-order valence-electron chi connectivity index (χ4n) is 0.800. The van der Waals surface area contributed by atoms with Crippen LogP contribution in [0.1, 0.15) is 0 Å². The van der Waals surface area contributed by atoms with Crippen LogP contribution in [0.3, 0.4) is 0 Å². The van der Waals surface area contributed by atoms with Gasteiger partial charge in [-0.2, -0.15) is 35.7 Å². The van der Waals surface area contributed by atoms with Crippen molar-refractivity contribution in [3.8, 4) is 0 Å². The molecule has 0 radical (unpaired) electrons. The van der Waals surface area contributed by atoms with E-state index in [1.807, 2.05) is 5.32 Å². The summed E-state index contributed by atoms with van der Waals surface area (Å²) < 4.78 is 86.3. The zero-order valence-corrected chi connectivity index (χ0v) is 11.6. The maximum Gasteiger partial charge on any atom is 0.462 e. The Morgan fingerprint density at radius 3 is 1.91 bits per heavy atom. The lowest BCUT2D eigenvalue weighted by Gasteiger charge is -2.28. The molecule has 22 heavy (non-hydrogen) atoms. The SMILES string of the molecule is CNC(=O)N=C(NC(=O)NC(F)(F)C(F)(F)C(F)(F)F)SC. The van der Waals surface area contributed by atoms with Crippen LogP contribution in [0.15, 0.2) is 4.99 Å². The van der Waals surface area contributed by atoms with Gasteiger partial charge in [0.25, 0.3) is 0 Å². The number of nitrogens with zero attached hydrogens (tertiary/aromatic N) is 1. The van der Waals surface area contributed by atoms with E-state index >= 15 is 0 Å². The molecule has 0 aromatic heterocycles. The number of aliphatic imine (C=N–C) groups is 1. The smallest absolute Gasteiger partial charge is 0.339 e. The molecule has 0 aromatic rings. The number of hydrogen-bond acceptors (Lipinski definition) is 3. The Labute approximate surface area is 122 Å². The van der Waals surface area contributed by atoms with Crippen LogP contribution in [-0.4, -0.2) is 48.7 Å². The Morgan fingerprint density at radius 1 is 1.05 bits per heavy atom. The van der Waals surface area contributed by atoms with Crippen LogP contribution in [0.4, 0.5) is 40.3 Å². The number of nitrogens with one attached hydrogen (secondary N) is 3. The normalized spacial score (nSPS) is 13.6. The Balaban J connectivity index is 5.05. The van der Waals surface area contributed by atoms with Crippen LogP contribution in [0.2, 0.25) is 0 Å². The minimum absolute atomic E-state index is 0.180. The van der Waals surface area contributed by atoms with Crippen molar-refractivity contribution < 1.29 is 40.3 Å². The van der Waals surface area contributed by atoms with E-state index in [9.17, 15) is 40.3 Å². The molecule has 0 unspecified atom stereocenters. The van der Waals surface area contributed by atoms with Gasteiger partial charge in [0.15, 0.2) is 5.17 Å². The van der Waals surface area contributed by atoms with Gasteiger partial charge in [0, 0.05) is 7.05 Å². The Bertz CT molecular complexity index is 466. The highest BCUT2D eigenvalue weighted by Crippen LogP contribution is 2.44. The predicted molar refractivity (Wildman–Crippen MR) is 63.0 cm³/mol. The monoisotopic (exact) mass is 358 g/mol. The molecular formula is C8H9F7N4O2S. The molecule has 3 N–H and O–H groups in total. The average Bonchev–Trinajstić information content (AvgIpc) is 2.35. The van der Waals surface area contributed by atoms with Gasteiger partial charge in [0.1, 0.15) is 0 Å². The second kappa shape index (κ2) is 7.02. The van der Waals surface area contributed by atoms with Gasteiger partial charge in [-0.1, -0.05) is 11.8 Å². The summed E-state index contributed by atoms with van der Waals surface area (Å²) in [7, 11) is 1.14. The summed E-state index contributed by atoms with van der Waals surface area (Å²) in [6.07, 6.45) is -5.35. The first kappa shape index (κ1) is 20.3. The maximum atomic E-state index is 12.9. The molecule has 0 rings (SSSR count). The molecule has 6 nitrogen and oxygen atoms in total. The van der Waals surface area contributed by atoms with Crippen LogP contribution in [0.25, 0.3) is 0 Å². The summed E-state index contributed by atoms with van der Waals surface area (Å²) in [6, 6.07) is -9.03. The maximum absolute atomic E-state index is 12.9. The molecule has 14 heteroatoms. The summed E-state index contributed by atoms with van der Waals surface area (Å²) in [5.41, 5.74) is 0. The molecule has 4 amide bonds. The van der Waals surface area contributed by atoms with E-state index < -0.39 is 35.4 Å². The number of amides is 4. The van der Waals surface area contributed by atoms with Gasteiger partial charge in [0.2, 0.25) is 0 Å². The largest absolute Gasteiger partial charge is 0.462 e. The summed E-state index contributed by atoms with van der Waals surface area (Å²) >= 11 is 0.544. The van der Waals surface area contributed by atoms with Gasteiger partial charge in [-0.15, -0.1) is 0 Å². The lowest BCUT2D eigenvalue weighted by molar-refractivity contribution is -0.358. The molecule has 0 saturated carbocycles. The second-order valence-corrected chi connectivity index (χ2v) is 4.20. The first-order valence-electron chi connectivity index (χ1n) is 5.04. The Morgan fingerprint density at radius 2 is 1.55 bits per heavy atom. The molecule has 0 saturated heterocycles. The number of rotatable bonds is 2. The van der Waals surface area contributed by atoms with Crippen molar-refractivity contribution in [1.29, 1.82) is 0 Å². The van der Waals surface area contributed by atoms with Crippen LogP contribution in [-0.2, 0) is 0 Å². The molecule has 0 aliphatic rings. The van der Waals surface area contributed by atoms with E-state index in [0.717, 1.165) is 7.05 Å². The number of hydrogen-bond donors (Lipinski definition) is 3. The van der Waals surface area contributed by atoms with Gasteiger partial charge in [-0.05, 0) is 6.26 Å². The van der Waals surface area contributed by atoms with E-state index in [0.29, 0.717) is 11.8 Å². The molecule has 0 heterocycles. The van der Waals surface area contributed by atoms with E-state index in [4.69, 9.17) is 0 Å². The quantitative estimate of drug-likeness (QED) is 0.306. The van der Waals surface area contributed by atoms with Crippen LogP contribution in [0.5, 0.6) is 0 Å². The van der Waals surface area contributed by atoms with Crippen molar-refractivity contribution in [3.63, 3.8) is 0 Å². The lowest BCUT2D eigenvalue weighted by Crippen LogP contribution is -2.62. The van der Waals surface area contributed by atoms with Crippen molar-refractivity contribution in [1.82, 2.24) is 16.0 Å². The van der Waals surface area contributed by atoms with Gasteiger partial charge in [-0.3, -0.25) is 10.6 Å². The summed E-state index contributed by atoms with van der Waals surface area (Å²) in [6.45, 7) is 0. The molecule has 128 valence electrons. The topological polar surface area (TPSA) is 82.6 Å². The molecule has 0 atom stereocenters. The third-order valence-corrected chi connectivity index (χ3v) is 2.43. The number of thioether (sulfide) groups is 1. The first-order chi connectivity index (χ1) is 9.78. The van der Waals surface area contributed by atoms with Crippen LogP contribution < -0.4 is 16.0 Å². The molecule has 0 aromatic carbocycles. The lowest BCUT2D eigenvalue weighted by atomic mass is 10.2. The van der Waals surface area contributed by atoms with Crippen molar-refractivity contribution >= 4 is 29.0 Å². The van der Waals surface area contributed by atoms with E-state index in [1.54, 1.807) is 0 Å². The van der Waals surface area contributed by atoms with Crippen molar-refractivity contribution in [3.05, 3.63) is 0 Å². The van der Waals surface area contributed by atoms with E-state index in [1.165, 1.54) is 11.6 Å². The fourth-order valence-corrected chi connectivity index (χ4v) is 1.17. The first-order valence-corrected chi connectivity index (χ1v) is 6.27. The number of carbonyl (C=O) groups excluding carboxylic acids is 2. The number of alkyl halides is 7.